The summed E-state index contributed by atoms with van der Waals surface area (Å²) < 4.78 is 5.90. The number of carbonyl (C=O) groups is 1. The maximum absolute atomic E-state index is 13.3. The standard InChI is InChI=1S/C24H27ClN2O3/c1-14-6-5-11-27(12-14)13-17-20(28)9-10-21-23(17)22(16(3)30-21)24(29)26-19-8-4-7-18(25)15(19)2/h4,7-10,14,28H,5-6,11-13H2,1-3H3,(H,26,29)/t14-/m0/s1. The third-order valence-corrected chi connectivity index (χ3v) is 6.39. The number of anilines is 1. The summed E-state index contributed by atoms with van der Waals surface area (Å²) in [6.07, 6.45) is 2.37. The first-order chi connectivity index (χ1) is 14.3. The third-order valence-electron chi connectivity index (χ3n) is 5.98. The Morgan fingerprint density at radius 2 is 2.10 bits per heavy atom. The van der Waals surface area contributed by atoms with E-state index < -0.39 is 0 Å². The molecule has 4 rings (SSSR count). The number of halogens is 1. The zero-order chi connectivity index (χ0) is 21.4. The average Bonchev–Trinajstić information content (AvgIpc) is 3.04. The SMILES string of the molecule is Cc1oc2ccc(O)c(CN3CCC[C@H](C)C3)c2c1C(=O)Nc1cccc(Cl)c1C. The predicted molar refractivity (Wildman–Crippen MR) is 120 cm³/mol. The number of nitrogens with one attached hydrogen (secondary N) is 1. The molecule has 1 aliphatic rings. The monoisotopic (exact) mass is 426 g/mol. The molecule has 1 fully saturated rings. The summed E-state index contributed by atoms with van der Waals surface area (Å²) in [7, 11) is 0. The van der Waals surface area contributed by atoms with Gasteiger partial charge in [0, 0.05) is 34.7 Å². The number of amides is 1. The number of likely N-dealkylation sites (tertiary alicyclic amines) is 1. The van der Waals surface area contributed by atoms with E-state index in [1.54, 1.807) is 31.2 Å². The molecule has 0 spiro atoms. The van der Waals surface area contributed by atoms with Gasteiger partial charge in [-0.3, -0.25) is 9.69 Å². The van der Waals surface area contributed by atoms with Crippen molar-refractivity contribution in [1.29, 1.82) is 0 Å². The van der Waals surface area contributed by atoms with Gasteiger partial charge in [0.2, 0.25) is 0 Å². The van der Waals surface area contributed by atoms with Gasteiger partial charge in [-0.05, 0) is 69.0 Å². The van der Waals surface area contributed by atoms with Crippen LogP contribution in [0.3, 0.4) is 0 Å². The topological polar surface area (TPSA) is 65.7 Å². The molecule has 2 heterocycles. The number of rotatable bonds is 4. The molecule has 5 nitrogen and oxygen atoms in total. The maximum Gasteiger partial charge on any atom is 0.259 e. The van der Waals surface area contributed by atoms with Crippen LogP contribution in [-0.4, -0.2) is 29.0 Å². The molecule has 0 bridgehead atoms. The molecule has 1 aromatic heterocycles. The molecule has 1 atom stereocenters. The van der Waals surface area contributed by atoms with E-state index >= 15 is 0 Å². The molecule has 3 aromatic rings. The summed E-state index contributed by atoms with van der Waals surface area (Å²) in [5.74, 6) is 1.07. The van der Waals surface area contributed by atoms with Crippen molar-refractivity contribution in [3.8, 4) is 5.75 Å². The van der Waals surface area contributed by atoms with E-state index in [0.29, 0.717) is 45.5 Å². The van der Waals surface area contributed by atoms with E-state index in [1.165, 1.54) is 6.42 Å². The molecule has 2 N–H and O–H groups in total. The lowest BCUT2D eigenvalue weighted by atomic mass is 9.98. The Morgan fingerprint density at radius 3 is 2.87 bits per heavy atom. The number of piperidine rings is 1. The minimum Gasteiger partial charge on any atom is -0.508 e. The highest BCUT2D eigenvalue weighted by Gasteiger charge is 2.25. The molecule has 0 radical (unpaired) electrons. The molecule has 0 unspecified atom stereocenters. The number of hydrogen-bond acceptors (Lipinski definition) is 4. The number of phenolic OH excluding ortho intramolecular Hbond substituents is 1. The van der Waals surface area contributed by atoms with E-state index in [9.17, 15) is 9.90 Å². The van der Waals surface area contributed by atoms with Crippen molar-refractivity contribution >= 4 is 34.2 Å². The van der Waals surface area contributed by atoms with E-state index in [1.807, 2.05) is 13.0 Å². The van der Waals surface area contributed by atoms with Crippen molar-refractivity contribution in [3.05, 3.63) is 57.8 Å². The summed E-state index contributed by atoms with van der Waals surface area (Å²) in [5, 5.41) is 14.9. The zero-order valence-corrected chi connectivity index (χ0v) is 18.3. The molecule has 30 heavy (non-hydrogen) atoms. The normalized spacial score (nSPS) is 17.4. The molecule has 6 heteroatoms. The Labute approximate surface area is 181 Å². The highest BCUT2D eigenvalue weighted by molar-refractivity contribution is 6.31. The van der Waals surface area contributed by atoms with Crippen LogP contribution in [0.1, 0.15) is 47.0 Å². The van der Waals surface area contributed by atoms with Crippen molar-refractivity contribution in [1.82, 2.24) is 4.90 Å². The van der Waals surface area contributed by atoms with E-state index in [4.69, 9.17) is 16.0 Å². The third kappa shape index (κ3) is 3.92. The molecule has 2 aromatic carbocycles. The molecular weight excluding hydrogens is 400 g/mol. The first-order valence-corrected chi connectivity index (χ1v) is 10.8. The lowest BCUT2D eigenvalue weighted by Crippen LogP contribution is -2.33. The highest BCUT2D eigenvalue weighted by Crippen LogP contribution is 2.36. The van der Waals surface area contributed by atoms with Gasteiger partial charge in [0.05, 0.1) is 5.56 Å². The second-order valence-corrected chi connectivity index (χ2v) is 8.73. The average molecular weight is 427 g/mol. The minimum absolute atomic E-state index is 0.189. The van der Waals surface area contributed by atoms with Crippen molar-refractivity contribution in [2.24, 2.45) is 5.92 Å². The molecule has 1 saturated heterocycles. The summed E-state index contributed by atoms with van der Waals surface area (Å²) in [6.45, 7) is 8.45. The number of aryl methyl sites for hydroxylation is 1. The van der Waals surface area contributed by atoms with Gasteiger partial charge in [-0.1, -0.05) is 24.6 Å². The van der Waals surface area contributed by atoms with Crippen LogP contribution in [-0.2, 0) is 6.54 Å². The van der Waals surface area contributed by atoms with Crippen LogP contribution in [0.25, 0.3) is 11.0 Å². The summed E-state index contributed by atoms with van der Waals surface area (Å²) in [4.78, 5) is 15.6. The number of aromatic hydroxyl groups is 1. The molecule has 158 valence electrons. The number of furan rings is 1. The van der Waals surface area contributed by atoms with Gasteiger partial charge in [0.15, 0.2) is 0 Å². The van der Waals surface area contributed by atoms with E-state index in [2.05, 4.69) is 17.1 Å². The van der Waals surface area contributed by atoms with Crippen LogP contribution in [0.2, 0.25) is 5.02 Å². The van der Waals surface area contributed by atoms with Crippen LogP contribution < -0.4 is 5.32 Å². The van der Waals surface area contributed by atoms with Crippen molar-refractivity contribution in [3.63, 3.8) is 0 Å². The molecular formula is C24H27ClN2O3. The fourth-order valence-corrected chi connectivity index (χ4v) is 4.56. The van der Waals surface area contributed by atoms with Crippen molar-refractivity contribution < 1.29 is 14.3 Å². The number of hydrogen-bond donors (Lipinski definition) is 2. The molecule has 1 amide bonds. The highest BCUT2D eigenvalue weighted by atomic mass is 35.5. The second kappa shape index (κ2) is 8.32. The van der Waals surface area contributed by atoms with Crippen LogP contribution in [0.5, 0.6) is 5.75 Å². The number of benzene rings is 2. The predicted octanol–water partition coefficient (Wildman–Crippen LogP) is 5.89. The molecule has 0 aliphatic carbocycles. The van der Waals surface area contributed by atoms with Crippen molar-refractivity contribution in [2.45, 2.75) is 40.2 Å². The number of fused-ring (bicyclic) bond motifs is 1. The summed E-state index contributed by atoms with van der Waals surface area (Å²) >= 11 is 6.21. The Balaban J connectivity index is 1.74. The van der Waals surface area contributed by atoms with Gasteiger partial charge < -0.3 is 14.8 Å². The van der Waals surface area contributed by atoms with Gasteiger partial charge in [-0.2, -0.15) is 0 Å². The fourth-order valence-electron chi connectivity index (χ4n) is 4.38. The quantitative estimate of drug-likeness (QED) is 0.545. The summed E-state index contributed by atoms with van der Waals surface area (Å²) in [6, 6.07) is 8.79. The minimum atomic E-state index is -0.268. The number of carbonyl (C=O) groups excluding carboxylic acids is 1. The Hall–Kier alpha value is -2.50. The van der Waals surface area contributed by atoms with Gasteiger partial charge >= 0.3 is 0 Å². The van der Waals surface area contributed by atoms with Gasteiger partial charge in [-0.25, -0.2) is 0 Å². The van der Waals surface area contributed by atoms with Crippen LogP contribution in [0, 0.1) is 19.8 Å². The first kappa shape index (κ1) is 20.8. The smallest absolute Gasteiger partial charge is 0.259 e. The Kier molecular flexibility index (Phi) is 5.76. The fraction of sp³-hybridized carbons (Fsp3) is 0.375. The van der Waals surface area contributed by atoms with Gasteiger partial charge in [0.25, 0.3) is 5.91 Å². The maximum atomic E-state index is 13.3. The molecule has 0 saturated carbocycles. The number of phenols is 1. The van der Waals surface area contributed by atoms with Crippen LogP contribution in [0.4, 0.5) is 5.69 Å². The lowest BCUT2D eigenvalue weighted by molar-refractivity contribution is 0.102. The van der Waals surface area contributed by atoms with Gasteiger partial charge in [-0.15, -0.1) is 0 Å². The second-order valence-electron chi connectivity index (χ2n) is 8.32. The van der Waals surface area contributed by atoms with Crippen LogP contribution in [0.15, 0.2) is 34.7 Å². The molecule has 1 aliphatic heterocycles. The first-order valence-electron chi connectivity index (χ1n) is 10.4. The number of nitrogens with zero attached hydrogens (tertiary/aromatic N) is 1. The summed E-state index contributed by atoms with van der Waals surface area (Å²) in [5.41, 5.74) is 3.28. The van der Waals surface area contributed by atoms with Gasteiger partial charge in [0.1, 0.15) is 17.1 Å². The lowest BCUT2D eigenvalue weighted by Gasteiger charge is -2.31. The Morgan fingerprint density at radius 1 is 1.30 bits per heavy atom. The van der Waals surface area contributed by atoms with Crippen LogP contribution >= 0.6 is 11.6 Å². The largest absolute Gasteiger partial charge is 0.508 e. The van der Waals surface area contributed by atoms with E-state index in [-0.39, 0.29) is 11.7 Å². The van der Waals surface area contributed by atoms with Crippen molar-refractivity contribution in [2.75, 3.05) is 18.4 Å². The zero-order valence-electron chi connectivity index (χ0n) is 17.6. The van der Waals surface area contributed by atoms with E-state index in [0.717, 1.165) is 30.6 Å². The Bertz CT molecular complexity index is 1110.